The van der Waals surface area contributed by atoms with Crippen LogP contribution in [0.15, 0.2) is 97.9 Å². The van der Waals surface area contributed by atoms with Crippen molar-refractivity contribution in [1.82, 2.24) is 35.5 Å². The highest BCUT2D eigenvalue weighted by atomic mass is 15.1. The Morgan fingerprint density at radius 1 is 1.03 bits per heavy atom. The summed E-state index contributed by atoms with van der Waals surface area (Å²) in [7, 11) is 0. The average molecular weight is 502 g/mol. The van der Waals surface area contributed by atoms with Crippen molar-refractivity contribution in [3.63, 3.8) is 0 Å². The number of allylic oxidation sites excluding steroid dienone is 5. The molecule has 0 fully saturated rings. The van der Waals surface area contributed by atoms with Crippen molar-refractivity contribution in [1.29, 1.82) is 0 Å². The van der Waals surface area contributed by atoms with E-state index in [9.17, 15) is 0 Å². The largest absolute Gasteiger partial charge is 0.359 e. The molecule has 0 aliphatic heterocycles. The smallest absolute Gasteiger partial charge is 0.116 e. The molecule has 0 atom stereocenters. The van der Waals surface area contributed by atoms with Crippen LogP contribution < -0.4 is 5.32 Å². The normalized spacial score (nSPS) is 12.7. The van der Waals surface area contributed by atoms with Gasteiger partial charge in [-0.1, -0.05) is 46.1 Å². The zero-order chi connectivity index (χ0) is 26.9. The molecule has 190 valence electrons. The van der Waals surface area contributed by atoms with Crippen LogP contribution in [0.5, 0.6) is 0 Å². The minimum absolute atomic E-state index is 0.0768. The third-order valence-corrected chi connectivity index (χ3v) is 6.53. The fraction of sp³-hybridized carbons (Fsp3) is 0.161. The van der Waals surface area contributed by atoms with Crippen LogP contribution in [-0.4, -0.2) is 30.1 Å². The zero-order valence-corrected chi connectivity index (χ0v) is 22.1. The molecule has 0 amide bonds. The molecule has 7 heteroatoms. The lowest BCUT2D eigenvalue weighted by Gasteiger charge is -2.23. The van der Waals surface area contributed by atoms with Gasteiger partial charge in [0.25, 0.3) is 0 Å². The number of nitrogens with zero attached hydrogens (tertiary/aromatic N) is 4. The Morgan fingerprint density at radius 2 is 1.87 bits per heavy atom. The summed E-state index contributed by atoms with van der Waals surface area (Å²) in [6.45, 7) is 16.5. The number of pyridine rings is 3. The van der Waals surface area contributed by atoms with Crippen LogP contribution in [0.2, 0.25) is 0 Å². The summed E-state index contributed by atoms with van der Waals surface area (Å²) < 4.78 is 0. The molecule has 3 N–H and O–H groups in total. The minimum Gasteiger partial charge on any atom is -0.359 e. The van der Waals surface area contributed by atoms with Gasteiger partial charge in [0.1, 0.15) is 5.69 Å². The first kappa shape index (κ1) is 24.9. The lowest BCUT2D eigenvalue weighted by Crippen LogP contribution is -2.22. The third kappa shape index (κ3) is 4.78. The summed E-state index contributed by atoms with van der Waals surface area (Å²) in [4.78, 5) is 17.1. The second-order valence-electron chi connectivity index (χ2n) is 10.1. The zero-order valence-electron chi connectivity index (χ0n) is 22.1. The van der Waals surface area contributed by atoms with Gasteiger partial charge >= 0.3 is 0 Å². The molecule has 38 heavy (non-hydrogen) atoms. The molecule has 5 rings (SSSR count). The van der Waals surface area contributed by atoms with E-state index in [1.54, 1.807) is 12.3 Å². The van der Waals surface area contributed by atoms with Crippen LogP contribution in [0, 0.1) is 5.41 Å². The number of hydrogen-bond acceptors (Lipinski definition) is 5. The Labute approximate surface area is 222 Å². The summed E-state index contributed by atoms with van der Waals surface area (Å²) >= 11 is 0. The second kappa shape index (κ2) is 9.94. The van der Waals surface area contributed by atoms with Crippen LogP contribution in [0.25, 0.3) is 50.0 Å². The maximum absolute atomic E-state index is 4.70. The maximum Gasteiger partial charge on any atom is 0.116 e. The van der Waals surface area contributed by atoms with Gasteiger partial charge in [-0.15, -0.1) is 0 Å². The number of nitrogens with one attached hydrogen (secondary N) is 3. The van der Waals surface area contributed by atoms with E-state index in [0.717, 1.165) is 67.1 Å². The molecule has 0 aliphatic rings. The topological polar surface area (TPSA) is 95.2 Å². The number of rotatable bonds is 7. The Hall–Kier alpha value is -4.78. The molecule has 0 saturated carbocycles. The Bertz CT molecular complexity index is 1710. The van der Waals surface area contributed by atoms with Gasteiger partial charge in [-0.05, 0) is 48.9 Å². The van der Waals surface area contributed by atoms with Crippen molar-refractivity contribution in [2.45, 2.75) is 27.7 Å². The molecule has 0 bridgehead atoms. The van der Waals surface area contributed by atoms with Crippen molar-refractivity contribution in [3.05, 3.63) is 104 Å². The van der Waals surface area contributed by atoms with Crippen molar-refractivity contribution in [3.8, 4) is 22.6 Å². The standard InChI is InChI=1S/C31H31N7/c1-7-20(13-21(8-2)35-19(3)31(4,5)6)26-15-23-29(18-34-26)37-38-30(23)27-14-22-24(16-32-17-28(22)36-27)25-11-9-10-12-33-25/h7-18,35-36H,2-3H2,1,4-6H3,(H,37,38)/b20-7+,21-13+. The first-order valence-corrected chi connectivity index (χ1v) is 12.5. The average Bonchev–Trinajstić information content (AvgIpc) is 3.54. The van der Waals surface area contributed by atoms with Gasteiger partial charge in [-0.25, -0.2) is 0 Å². The van der Waals surface area contributed by atoms with Gasteiger partial charge in [0.05, 0.1) is 40.5 Å². The van der Waals surface area contributed by atoms with E-state index in [0.29, 0.717) is 0 Å². The highest BCUT2D eigenvalue weighted by molar-refractivity contribution is 6.00. The monoisotopic (exact) mass is 501 g/mol. The molecular formula is C31H31N7. The van der Waals surface area contributed by atoms with Gasteiger partial charge in [0.2, 0.25) is 0 Å². The van der Waals surface area contributed by atoms with Crippen LogP contribution in [0.1, 0.15) is 33.4 Å². The molecule has 5 aromatic rings. The molecule has 0 saturated heterocycles. The van der Waals surface area contributed by atoms with Crippen LogP contribution in [0.4, 0.5) is 0 Å². The summed E-state index contributed by atoms with van der Waals surface area (Å²) in [6.07, 6.45) is 13.1. The Kier molecular flexibility index (Phi) is 6.51. The molecule has 0 aromatic carbocycles. The van der Waals surface area contributed by atoms with Crippen molar-refractivity contribution >= 4 is 27.4 Å². The van der Waals surface area contributed by atoms with E-state index >= 15 is 0 Å². The van der Waals surface area contributed by atoms with Crippen molar-refractivity contribution in [2.24, 2.45) is 5.41 Å². The molecule has 7 nitrogen and oxygen atoms in total. The Balaban J connectivity index is 1.55. The van der Waals surface area contributed by atoms with Crippen molar-refractivity contribution < 1.29 is 0 Å². The summed E-state index contributed by atoms with van der Waals surface area (Å²) in [6, 6.07) is 10.0. The Morgan fingerprint density at radius 3 is 2.58 bits per heavy atom. The summed E-state index contributed by atoms with van der Waals surface area (Å²) in [5.41, 5.74) is 8.81. The molecule has 5 heterocycles. The van der Waals surface area contributed by atoms with E-state index in [1.165, 1.54) is 0 Å². The highest BCUT2D eigenvalue weighted by Crippen LogP contribution is 2.33. The first-order valence-electron chi connectivity index (χ1n) is 12.5. The van der Waals surface area contributed by atoms with Gasteiger partial charge in [0, 0.05) is 45.5 Å². The number of H-pyrrole nitrogens is 2. The van der Waals surface area contributed by atoms with Gasteiger partial charge in [-0.2, -0.15) is 5.10 Å². The van der Waals surface area contributed by atoms with Gasteiger partial charge in [0.15, 0.2) is 0 Å². The van der Waals surface area contributed by atoms with E-state index < -0.39 is 0 Å². The van der Waals surface area contributed by atoms with Crippen LogP contribution in [-0.2, 0) is 0 Å². The van der Waals surface area contributed by atoms with E-state index in [1.807, 2.05) is 55.9 Å². The number of aromatic amines is 2. The van der Waals surface area contributed by atoms with Gasteiger partial charge < -0.3 is 10.3 Å². The van der Waals surface area contributed by atoms with Crippen LogP contribution in [0.3, 0.4) is 0 Å². The predicted octanol–water partition coefficient (Wildman–Crippen LogP) is 7.19. The van der Waals surface area contributed by atoms with Gasteiger partial charge in [-0.3, -0.25) is 20.1 Å². The van der Waals surface area contributed by atoms with E-state index in [4.69, 9.17) is 4.98 Å². The highest BCUT2D eigenvalue weighted by Gasteiger charge is 2.17. The SMILES string of the molecule is C=C/C(=C\C(=C/C)c1cc2c(-c3cc4c(-c5ccccn5)cncc4[nH]3)n[nH]c2cn1)NC(=C)C(C)(C)C. The molecular weight excluding hydrogens is 470 g/mol. The molecule has 0 radical (unpaired) electrons. The predicted molar refractivity (Wildman–Crippen MR) is 156 cm³/mol. The molecule has 5 aromatic heterocycles. The van der Waals surface area contributed by atoms with E-state index in [2.05, 4.69) is 76.5 Å². The fourth-order valence-electron chi connectivity index (χ4n) is 4.17. The minimum atomic E-state index is -0.0768. The number of aromatic nitrogens is 6. The van der Waals surface area contributed by atoms with E-state index in [-0.39, 0.29) is 5.41 Å². The molecule has 0 aliphatic carbocycles. The number of hydrogen-bond donors (Lipinski definition) is 3. The number of fused-ring (bicyclic) bond motifs is 2. The summed E-state index contributed by atoms with van der Waals surface area (Å²) in [5, 5.41) is 13.1. The lowest BCUT2D eigenvalue weighted by atomic mass is 9.92. The molecule has 0 spiro atoms. The van der Waals surface area contributed by atoms with Crippen molar-refractivity contribution in [2.75, 3.05) is 0 Å². The quantitative estimate of drug-likeness (QED) is 0.205. The summed E-state index contributed by atoms with van der Waals surface area (Å²) in [5.74, 6) is 0. The second-order valence-corrected chi connectivity index (χ2v) is 10.1. The fourth-order valence-corrected chi connectivity index (χ4v) is 4.17. The lowest BCUT2D eigenvalue weighted by molar-refractivity contribution is 0.478. The maximum atomic E-state index is 4.70. The molecule has 0 unspecified atom stereocenters. The third-order valence-electron chi connectivity index (χ3n) is 6.53. The first-order chi connectivity index (χ1) is 18.3. The van der Waals surface area contributed by atoms with Crippen LogP contribution >= 0.6 is 0 Å².